The van der Waals surface area contributed by atoms with Gasteiger partial charge in [-0.15, -0.1) is 0 Å². The molecule has 0 aromatic rings. The Morgan fingerprint density at radius 3 is 1.24 bits per heavy atom. The molecule has 0 bridgehead atoms. The van der Waals surface area contributed by atoms with Gasteiger partial charge in [-0.2, -0.15) is 0 Å². The van der Waals surface area contributed by atoms with Crippen molar-refractivity contribution in [2.75, 3.05) is 6.54 Å². The van der Waals surface area contributed by atoms with Crippen molar-refractivity contribution >= 4 is 0 Å². The highest BCUT2D eigenvalue weighted by molar-refractivity contribution is 5.03. The number of rotatable bonds is 14. The van der Waals surface area contributed by atoms with E-state index >= 15 is 0 Å². The van der Waals surface area contributed by atoms with Crippen molar-refractivity contribution in [3.05, 3.63) is 0 Å². The molecule has 21 heavy (non-hydrogen) atoms. The van der Waals surface area contributed by atoms with Gasteiger partial charge in [-0.05, 0) is 32.2 Å². The fourth-order valence-corrected chi connectivity index (χ4v) is 3.70. The number of nitrogens with two attached hydrogens (primary N) is 2. The van der Waals surface area contributed by atoms with Gasteiger partial charge in [-0.3, -0.25) is 0 Å². The van der Waals surface area contributed by atoms with Crippen molar-refractivity contribution in [2.45, 2.75) is 110 Å². The molecule has 0 fully saturated rings. The number of unbranched alkanes of at least 4 members (excludes halogenated alkanes) is 4. The van der Waals surface area contributed by atoms with E-state index in [1.807, 2.05) is 0 Å². The van der Waals surface area contributed by atoms with Gasteiger partial charge in [-0.1, -0.05) is 79.1 Å². The molecule has 0 saturated heterocycles. The van der Waals surface area contributed by atoms with Crippen LogP contribution in [0.25, 0.3) is 0 Å². The van der Waals surface area contributed by atoms with Crippen LogP contribution in [-0.4, -0.2) is 12.1 Å². The van der Waals surface area contributed by atoms with E-state index in [0.29, 0.717) is 0 Å². The summed E-state index contributed by atoms with van der Waals surface area (Å²) >= 11 is 0. The lowest BCUT2D eigenvalue weighted by Gasteiger charge is -2.49. The molecule has 2 nitrogen and oxygen atoms in total. The van der Waals surface area contributed by atoms with Gasteiger partial charge in [0, 0.05) is 11.0 Å². The lowest BCUT2D eigenvalue weighted by Crippen LogP contribution is -2.59. The third-order valence-electron chi connectivity index (χ3n) is 5.42. The molecule has 0 amide bonds. The van der Waals surface area contributed by atoms with Crippen molar-refractivity contribution < 1.29 is 0 Å². The maximum absolute atomic E-state index is 7.06. The molecule has 0 aliphatic carbocycles. The van der Waals surface area contributed by atoms with Crippen molar-refractivity contribution in [1.82, 2.24) is 0 Å². The second-order valence-corrected chi connectivity index (χ2v) is 7.05. The average molecular weight is 299 g/mol. The van der Waals surface area contributed by atoms with E-state index < -0.39 is 0 Å². The first-order valence-electron chi connectivity index (χ1n) is 9.54. The van der Waals surface area contributed by atoms with Crippen LogP contribution < -0.4 is 11.5 Å². The fourth-order valence-electron chi connectivity index (χ4n) is 3.70. The first kappa shape index (κ1) is 20.9. The first-order chi connectivity index (χ1) is 10.1. The van der Waals surface area contributed by atoms with Crippen LogP contribution in [0.1, 0.15) is 105 Å². The Labute approximate surface area is 134 Å². The number of hydrogen-bond donors (Lipinski definition) is 2. The predicted molar refractivity (Wildman–Crippen MR) is 96.5 cm³/mol. The largest absolute Gasteiger partial charge is 0.330 e. The van der Waals surface area contributed by atoms with Gasteiger partial charge in [0.15, 0.2) is 0 Å². The second kappa shape index (κ2) is 11.5. The molecular weight excluding hydrogens is 256 g/mol. The minimum absolute atomic E-state index is 0.0574. The van der Waals surface area contributed by atoms with Gasteiger partial charge in [0.05, 0.1) is 0 Å². The molecule has 0 spiro atoms. The predicted octanol–water partition coefficient (Wildman–Crippen LogP) is 5.39. The van der Waals surface area contributed by atoms with Crippen LogP contribution in [0.3, 0.4) is 0 Å². The molecule has 0 atom stereocenters. The highest BCUT2D eigenvalue weighted by atomic mass is 14.8. The zero-order valence-electron chi connectivity index (χ0n) is 15.3. The van der Waals surface area contributed by atoms with Crippen molar-refractivity contribution in [2.24, 2.45) is 16.9 Å². The van der Waals surface area contributed by atoms with Gasteiger partial charge in [-0.25, -0.2) is 0 Å². The molecule has 4 N–H and O–H groups in total. The first-order valence-corrected chi connectivity index (χ1v) is 9.54. The molecule has 0 radical (unpaired) electrons. The lowest BCUT2D eigenvalue weighted by atomic mass is 9.60. The Morgan fingerprint density at radius 2 is 0.952 bits per heavy atom. The van der Waals surface area contributed by atoms with E-state index in [1.54, 1.807) is 0 Å². The molecular formula is C19H42N2. The quantitative estimate of drug-likeness (QED) is 0.452. The summed E-state index contributed by atoms with van der Waals surface area (Å²) in [5.41, 5.74) is 13.5. The summed E-state index contributed by atoms with van der Waals surface area (Å²) in [6, 6.07) is 0. The SMILES string of the molecule is CCCCC(N)(CCCC)C(CN)(CCCC)CCCC. The van der Waals surface area contributed by atoms with Crippen LogP contribution in [-0.2, 0) is 0 Å². The van der Waals surface area contributed by atoms with E-state index in [1.165, 1.54) is 64.2 Å². The zero-order valence-corrected chi connectivity index (χ0v) is 15.3. The Balaban J connectivity index is 5.26. The highest BCUT2D eigenvalue weighted by Crippen LogP contribution is 2.44. The van der Waals surface area contributed by atoms with E-state index in [0.717, 1.165) is 19.4 Å². The zero-order chi connectivity index (χ0) is 16.2. The monoisotopic (exact) mass is 298 g/mol. The molecule has 0 unspecified atom stereocenters. The minimum Gasteiger partial charge on any atom is -0.330 e. The van der Waals surface area contributed by atoms with Gasteiger partial charge in [0.25, 0.3) is 0 Å². The Hall–Kier alpha value is -0.0800. The Bertz CT molecular complexity index is 222. The third kappa shape index (κ3) is 6.28. The maximum Gasteiger partial charge on any atom is 0.0223 e. The molecule has 2 heteroatoms. The topological polar surface area (TPSA) is 52.0 Å². The molecule has 128 valence electrons. The highest BCUT2D eigenvalue weighted by Gasteiger charge is 2.45. The van der Waals surface area contributed by atoms with Gasteiger partial charge in [0.1, 0.15) is 0 Å². The summed E-state index contributed by atoms with van der Waals surface area (Å²) < 4.78 is 0. The summed E-state index contributed by atoms with van der Waals surface area (Å²) in [6.07, 6.45) is 14.7. The van der Waals surface area contributed by atoms with Crippen LogP contribution in [0.2, 0.25) is 0 Å². The summed E-state index contributed by atoms with van der Waals surface area (Å²) in [6.45, 7) is 9.84. The minimum atomic E-state index is -0.0574. The van der Waals surface area contributed by atoms with E-state index in [2.05, 4.69) is 27.7 Å². The third-order valence-corrected chi connectivity index (χ3v) is 5.42. The molecule has 0 heterocycles. The van der Waals surface area contributed by atoms with E-state index in [4.69, 9.17) is 11.5 Å². The molecule has 0 aromatic heterocycles. The number of hydrogen-bond acceptors (Lipinski definition) is 2. The normalized spacial score (nSPS) is 12.9. The van der Waals surface area contributed by atoms with Gasteiger partial charge >= 0.3 is 0 Å². The standard InChI is InChI=1S/C19H42N2/c1-5-9-13-18(17-20,14-10-6-2)19(21,15-11-7-3)16-12-8-4/h5-17,20-21H2,1-4H3. The van der Waals surface area contributed by atoms with Gasteiger partial charge < -0.3 is 11.5 Å². The molecule has 0 saturated carbocycles. The van der Waals surface area contributed by atoms with Crippen molar-refractivity contribution in [3.8, 4) is 0 Å². The second-order valence-electron chi connectivity index (χ2n) is 7.05. The molecule has 0 rings (SSSR count). The van der Waals surface area contributed by atoms with Crippen molar-refractivity contribution in [3.63, 3.8) is 0 Å². The summed E-state index contributed by atoms with van der Waals surface area (Å²) in [4.78, 5) is 0. The summed E-state index contributed by atoms with van der Waals surface area (Å²) in [5.74, 6) is 0. The lowest BCUT2D eigenvalue weighted by molar-refractivity contribution is 0.0743. The Kier molecular flexibility index (Phi) is 11.4. The molecule has 0 aliphatic heterocycles. The summed E-state index contributed by atoms with van der Waals surface area (Å²) in [7, 11) is 0. The maximum atomic E-state index is 7.06. The van der Waals surface area contributed by atoms with Crippen LogP contribution in [0.4, 0.5) is 0 Å². The molecule has 0 aliphatic rings. The van der Waals surface area contributed by atoms with E-state index in [-0.39, 0.29) is 11.0 Å². The Morgan fingerprint density at radius 1 is 0.619 bits per heavy atom. The fraction of sp³-hybridized carbons (Fsp3) is 1.00. The van der Waals surface area contributed by atoms with Crippen LogP contribution in [0.15, 0.2) is 0 Å². The van der Waals surface area contributed by atoms with Crippen LogP contribution >= 0.6 is 0 Å². The smallest absolute Gasteiger partial charge is 0.0223 e. The van der Waals surface area contributed by atoms with E-state index in [9.17, 15) is 0 Å². The van der Waals surface area contributed by atoms with Crippen LogP contribution in [0.5, 0.6) is 0 Å². The van der Waals surface area contributed by atoms with Crippen LogP contribution in [0, 0.1) is 5.41 Å². The van der Waals surface area contributed by atoms with Crippen molar-refractivity contribution in [1.29, 1.82) is 0 Å². The average Bonchev–Trinajstić information content (AvgIpc) is 2.51. The van der Waals surface area contributed by atoms with Gasteiger partial charge in [0.2, 0.25) is 0 Å². The summed E-state index contributed by atoms with van der Waals surface area (Å²) in [5, 5.41) is 0. The molecule has 0 aromatic carbocycles.